The average Bonchev–Trinajstić information content (AvgIpc) is 2.49. The van der Waals surface area contributed by atoms with Gasteiger partial charge < -0.3 is 5.32 Å². The Hall–Kier alpha value is -1.23. The first kappa shape index (κ1) is 17.1. The zero-order valence-corrected chi connectivity index (χ0v) is 14.6. The van der Waals surface area contributed by atoms with Crippen LogP contribution in [0, 0.1) is 6.92 Å². The molecule has 0 saturated carbocycles. The second kappa shape index (κ2) is 7.86. The molecule has 6 heteroatoms. The molecule has 0 aliphatic heterocycles. The lowest BCUT2D eigenvalue weighted by atomic mass is 10.1. The summed E-state index contributed by atoms with van der Waals surface area (Å²) in [5, 5.41) is 3.28. The summed E-state index contributed by atoms with van der Waals surface area (Å²) in [4.78, 5) is 16.2. The molecule has 1 aromatic carbocycles. The minimum Gasteiger partial charge on any atom is -0.308 e. The number of rotatable bonds is 5. The molecule has 0 aliphatic carbocycles. The molecule has 0 radical (unpaired) electrons. The van der Waals surface area contributed by atoms with Gasteiger partial charge in [0, 0.05) is 11.9 Å². The van der Waals surface area contributed by atoms with Crippen LogP contribution in [0.15, 0.2) is 36.5 Å². The molecule has 0 aliphatic rings. The van der Waals surface area contributed by atoms with E-state index in [1.165, 1.54) is 17.3 Å². The van der Waals surface area contributed by atoms with Crippen LogP contribution in [0.2, 0.25) is 10.0 Å². The summed E-state index contributed by atoms with van der Waals surface area (Å²) in [6, 6.07) is 9.71. The third-order valence-electron chi connectivity index (χ3n) is 3.17. The smallest absolute Gasteiger partial charge is 0.238 e. The number of amides is 1. The summed E-state index contributed by atoms with van der Waals surface area (Å²) in [6.07, 6.45) is 1.45. The third-order valence-corrected chi connectivity index (χ3v) is 4.86. The number of hydrogen-bond donors (Lipinski definition) is 1. The Balaban J connectivity index is 1.93. The van der Waals surface area contributed by atoms with Gasteiger partial charge in [0.25, 0.3) is 0 Å². The standard InChI is InChI=1S/C16H16Cl2N2OS/c1-10-5-3-4-6-12(10)9-22-11(2)16(21)20-15-14(18)7-13(17)8-19-15/h3-8,11H,9H2,1-2H3,(H,19,20,21)/t11-/m1/s1. The Morgan fingerprint density at radius 2 is 2.09 bits per heavy atom. The molecule has 1 atom stereocenters. The lowest BCUT2D eigenvalue weighted by Crippen LogP contribution is -2.23. The van der Waals surface area contributed by atoms with Crippen LogP contribution in [-0.2, 0) is 10.5 Å². The molecular formula is C16H16Cl2N2OS. The minimum atomic E-state index is -0.215. The minimum absolute atomic E-state index is 0.129. The van der Waals surface area contributed by atoms with E-state index in [2.05, 4.69) is 29.4 Å². The Kier molecular flexibility index (Phi) is 6.12. The number of aryl methyl sites for hydroxylation is 1. The number of carbonyl (C=O) groups is 1. The first-order chi connectivity index (χ1) is 10.5. The number of hydrogen-bond acceptors (Lipinski definition) is 3. The van der Waals surface area contributed by atoms with Crippen LogP contribution >= 0.6 is 35.0 Å². The van der Waals surface area contributed by atoms with Crippen molar-refractivity contribution < 1.29 is 4.79 Å². The van der Waals surface area contributed by atoms with E-state index in [1.807, 2.05) is 19.1 Å². The van der Waals surface area contributed by atoms with Gasteiger partial charge in [0.05, 0.1) is 15.3 Å². The molecule has 0 spiro atoms. The maximum absolute atomic E-state index is 12.2. The van der Waals surface area contributed by atoms with Crippen molar-refractivity contribution in [3.05, 3.63) is 57.7 Å². The van der Waals surface area contributed by atoms with Crippen molar-refractivity contribution in [2.45, 2.75) is 24.9 Å². The first-order valence-electron chi connectivity index (χ1n) is 6.75. The van der Waals surface area contributed by atoms with Crippen molar-refractivity contribution in [3.8, 4) is 0 Å². The van der Waals surface area contributed by atoms with Crippen LogP contribution in [0.5, 0.6) is 0 Å². The highest BCUT2D eigenvalue weighted by Crippen LogP contribution is 2.25. The Morgan fingerprint density at radius 1 is 1.36 bits per heavy atom. The lowest BCUT2D eigenvalue weighted by molar-refractivity contribution is -0.115. The van der Waals surface area contributed by atoms with Gasteiger partial charge in [-0.25, -0.2) is 4.98 Å². The number of nitrogens with zero attached hydrogens (tertiary/aromatic N) is 1. The van der Waals surface area contributed by atoms with Crippen LogP contribution in [0.4, 0.5) is 5.82 Å². The van der Waals surface area contributed by atoms with Crippen molar-refractivity contribution in [2.24, 2.45) is 0 Å². The molecular weight excluding hydrogens is 339 g/mol. The largest absolute Gasteiger partial charge is 0.308 e. The summed E-state index contributed by atoms with van der Waals surface area (Å²) < 4.78 is 0. The van der Waals surface area contributed by atoms with Crippen LogP contribution in [0.25, 0.3) is 0 Å². The number of thioether (sulfide) groups is 1. The third kappa shape index (κ3) is 4.63. The highest BCUT2D eigenvalue weighted by Gasteiger charge is 2.16. The van der Waals surface area contributed by atoms with E-state index < -0.39 is 0 Å². The van der Waals surface area contributed by atoms with Crippen molar-refractivity contribution in [1.29, 1.82) is 0 Å². The monoisotopic (exact) mass is 354 g/mol. The topological polar surface area (TPSA) is 42.0 Å². The summed E-state index contributed by atoms with van der Waals surface area (Å²) >= 11 is 13.4. The fourth-order valence-electron chi connectivity index (χ4n) is 1.79. The van der Waals surface area contributed by atoms with Crippen molar-refractivity contribution >= 4 is 46.7 Å². The molecule has 22 heavy (non-hydrogen) atoms. The molecule has 1 heterocycles. The fourth-order valence-corrected chi connectivity index (χ4v) is 3.18. The first-order valence-corrected chi connectivity index (χ1v) is 8.56. The van der Waals surface area contributed by atoms with Crippen molar-refractivity contribution in [3.63, 3.8) is 0 Å². The number of benzene rings is 1. The molecule has 1 amide bonds. The maximum atomic E-state index is 12.2. The second-order valence-corrected chi connectivity index (χ2v) is 7.03. The number of halogens is 2. The van der Waals surface area contributed by atoms with Crippen LogP contribution in [0.1, 0.15) is 18.1 Å². The number of pyridine rings is 1. The van der Waals surface area contributed by atoms with Gasteiger partial charge in [0.1, 0.15) is 0 Å². The predicted octanol–water partition coefficient (Wildman–Crippen LogP) is 4.96. The van der Waals surface area contributed by atoms with Crippen molar-refractivity contribution in [2.75, 3.05) is 5.32 Å². The number of anilines is 1. The molecule has 2 rings (SSSR count). The van der Waals surface area contributed by atoms with Gasteiger partial charge in [-0.15, -0.1) is 11.8 Å². The van der Waals surface area contributed by atoms with Crippen LogP contribution in [-0.4, -0.2) is 16.1 Å². The van der Waals surface area contributed by atoms with Gasteiger partial charge in [-0.2, -0.15) is 0 Å². The maximum Gasteiger partial charge on any atom is 0.238 e. The van der Waals surface area contributed by atoms with Gasteiger partial charge in [0.15, 0.2) is 5.82 Å². The van der Waals surface area contributed by atoms with Gasteiger partial charge in [0.2, 0.25) is 5.91 Å². The number of carbonyl (C=O) groups excluding carboxylic acids is 1. The molecule has 1 aromatic heterocycles. The van der Waals surface area contributed by atoms with E-state index in [0.29, 0.717) is 15.9 Å². The quantitative estimate of drug-likeness (QED) is 0.825. The molecule has 0 unspecified atom stereocenters. The molecule has 2 aromatic rings. The zero-order chi connectivity index (χ0) is 16.1. The Morgan fingerprint density at radius 3 is 2.77 bits per heavy atom. The Bertz CT molecular complexity index is 679. The van der Waals surface area contributed by atoms with E-state index >= 15 is 0 Å². The molecule has 0 fully saturated rings. The zero-order valence-electron chi connectivity index (χ0n) is 12.3. The SMILES string of the molecule is Cc1ccccc1CS[C@H](C)C(=O)Nc1ncc(Cl)cc1Cl. The second-order valence-electron chi connectivity index (χ2n) is 4.85. The molecule has 3 nitrogen and oxygen atoms in total. The molecule has 116 valence electrons. The Labute approximate surface area is 144 Å². The highest BCUT2D eigenvalue weighted by atomic mass is 35.5. The van der Waals surface area contributed by atoms with Crippen molar-refractivity contribution in [1.82, 2.24) is 4.98 Å². The van der Waals surface area contributed by atoms with E-state index in [4.69, 9.17) is 23.2 Å². The van der Waals surface area contributed by atoms with E-state index in [-0.39, 0.29) is 11.2 Å². The average molecular weight is 355 g/mol. The summed E-state index contributed by atoms with van der Waals surface area (Å²) in [5.41, 5.74) is 2.46. The number of nitrogens with one attached hydrogen (secondary N) is 1. The summed E-state index contributed by atoms with van der Waals surface area (Å²) in [7, 11) is 0. The molecule has 0 bridgehead atoms. The summed E-state index contributed by atoms with van der Waals surface area (Å²) in [5.74, 6) is 0.984. The predicted molar refractivity (Wildman–Crippen MR) is 94.8 cm³/mol. The molecule has 0 saturated heterocycles. The molecule has 1 N–H and O–H groups in total. The summed E-state index contributed by atoms with van der Waals surface area (Å²) in [6.45, 7) is 3.93. The highest BCUT2D eigenvalue weighted by molar-refractivity contribution is 7.99. The normalized spacial score (nSPS) is 12.0. The van der Waals surface area contributed by atoms with Gasteiger partial charge in [-0.3, -0.25) is 4.79 Å². The van der Waals surface area contributed by atoms with E-state index in [1.54, 1.807) is 17.8 Å². The number of aromatic nitrogens is 1. The van der Waals surface area contributed by atoms with Crippen LogP contribution in [0.3, 0.4) is 0 Å². The fraction of sp³-hybridized carbons (Fsp3) is 0.250. The van der Waals surface area contributed by atoms with Gasteiger partial charge in [-0.1, -0.05) is 47.5 Å². The van der Waals surface area contributed by atoms with Gasteiger partial charge >= 0.3 is 0 Å². The van der Waals surface area contributed by atoms with E-state index in [9.17, 15) is 4.79 Å². The van der Waals surface area contributed by atoms with Crippen LogP contribution < -0.4 is 5.32 Å². The van der Waals surface area contributed by atoms with E-state index in [0.717, 1.165) is 5.75 Å². The van der Waals surface area contributed by atoms with Gasteiger partial charge in [-0.05, 0) is 31.0 Å². The lowest BCUT2D eigenvalue weighted by Gasteiger charge is -2.13.